The largest absolute Gasteiger partial charge is 0.356 e. The van der Waals surface area contributed by atoms with E-state index in [1.165, 1.54) is 37.6 Å². The number of benzene rings is 1. The number of likely N-dealkylation sites (N-methyl/N-ethyl adjacent to an activating group) is 1. The molecular formula is C21H37N5S. The van der Waals surface area contributed by atoms with Gasteiger partial charge in [0.25, 0.3) is 0 Å². The summed E-state index contributed by atoms with van der Waals surface area (Å²) in [6.07, 6.45) is 0. The van der Waals surface area contributed by atoms with Crippen molar-refractivity contribution in [1.82, 2.24) is 20.4 Å². The average molecular weight is 392 g/mol. The number of nitrogens with zero attached hydrogens (tertiary/aromatic N) is 3. The van der Waals surface area contributed by atoms with Crippen LogP contribution in [0.4, 0.5) is 0 Å². The van der Waals surface area contributed by atoms with Gasteiger partial charge in [-0.2, -0.15) is 0 Å². The van der Waals surface area contributed by atoms with Crippen molar-refractivity contribution in [2.75, 3.05) is 59.4 Å². The monoisotopic (exact) mass is 391 g/mol. The molecule has 0 spiro atoms. The molecule has 1 fully saturated rings. The molecule has 0 bridgehead atoms. The number of nitrogens with one attached hydrogen (secondary N) is 2. The Hall–Kier alpha value is -1.24. The number of hydrogen-bond donors (Lipinski definition) is 2. The van der Waals surface area contributed by atoms with Gasteiger partial charge >= 0.3 is 0 Å². The molecule has 6 heteroatoms. The smallest absolute Gasteiger partial charge is 0.191 e. The molecule has 0 aliphatic carbocycles. The fraction of sp³-hybridized carbons (Fsp3) is 0.667. The highest BCUT2D eigenvalue weighted by Crippen LogP contribution is 2.21. The fourth-order valence-corrected chi connectivity index (χ4v) is 4.24. The molecule has 152 valence electrons. The van der Waals surface area contributed by atoms with Crippen LogP contribution in [0.3, 0.4) is 0 Å². The van der Waals surface area contributed by atoms with E-state index in [9.17, 15) is 0 Å². The Morgan fingerprint density at radius 1 is 1.04 bits per heavy atom. The second-order valence-corrected chi connectivity index (χ2v) is 8.93. The quantitative estimate of drug-likeness (QED) is 0.385. The van der Waals surface area contributed by atoms with Gasteiger partial charge in [-0.1, -0.05) is 39.0 Å². The van der Waals surface area contributed by atoms with Crippen molar-refractivity contribution < 1.29 is 0 Å². The van der Waals surface area contributed by atoms with E-state index in [1.807, 2.05) is 18.8 Å². The molecule has 2 atom stereocenters. The van der Waals surface area contributed by atoms with E-state index in [2.05, 4.69) is 76.5 Å². The maximum absolute atomic E-state index is 4.37. The van der Waals surface area contributed by atoms with Crippen LogP contribution in [0.2, 0.25) is 0 Å². The zero-order valence-electron chi connectivity index (χ0n) is 17.4. The topological polar surface area (TPSA) is 42.9 Å². The Bertz CT molecular complexity index is 543. The van der Waals surface area contributed by atoms with Gasteiger partial charge in [-0.05, 0) is 24.6 Å². The molecule has 1 aliphatic heterocycles. The molecule has 2 N–H and O–H groups in total. The van der Waals surface area contributed by atoms with Crippen molar-refractivity contribution in [2.45, 2.75) is 30.9 Å². The van der Waals surface area contributed by atoms with Gasteiger partial charge in [0.1, 0.15) is 0 Å². The summed E-state index contributed by atoms with van der Waals surface area (Å²) in [5.41, 5.74) is 0. The van der Waals surface area contributed by atoms with Crippen LogP contribution in [-0.2, 0) is 0 Å². The van der Waals surface area contributed by atoms with Crippen molar-refractivity contribution in [3.63, 3.8) is 0 Å². The van der Waals surface area contributed by atoms with Crippen molar-refractivity contribution in [3.05, 3.63) is 30.3 Å². The summed E-state index contributed by atoms with van der Waals surface area (Å²) in [6.45, 7) is 15.8. The SMILES string of the molecule is CCN1CCN(CC(C)CNC(=NC)NCC(C)Sc2ccccc2)CC1. The molecule has 1 heterocycles. The standard InChI is InChI=1S/C21H37N5S/c1-5-25-11-13-26(14-12-25)17-18(2)15-23-21(22-4)24-16-19(3)27-20-9-7-6-8-10-20/h6-10,18-19H,5,11-17H2,1-4H3,(H2,22,23,24). The van der Waals surface area contributed by atoms with E-state index >= 15 is 0 Å². The third kappa shape index (κ3) is 8.54. The predicted octanol–water partition coefficient (Wildman–Crippen LogP) is 2.61. The van der Waals surface area contributed by atoms with E-state index in [-0.39, 0.29) is 0 Å². The van der Waals surface area contributed by atoms with Gasteiger partial charge in [-0.3, -0.25) is 4.99 Å². The summed E-state index contributed by atoms with van der Waals surface area (Å²) in [4.78, 5) is 10.8. The normalized spacial score (nSPS) is 18.9. The molecule has 27 heavy (non-hydrogen) atoms. The summed E-state index contributed by atoms with van der Waals surface area (Å²) in [5, 5.41) is 7.43. The van der Waals surface area contributed by atoms with Crippen molar-refractivity contribution in [3.8, 4) is 0 Å². The zero-order chi connectivity index (χ0) is 19.5. The number of hydrogen-bond acceptors (Lipinski definition) is 4. The van der Waals surface area contributed by atoms with Crippen molar-refractivity contribution in [1.29, 1.82) is 0 Å². The molecule has 0 amide bonds. The van der Waals surface area contributed by atoms with Crippen molar-refractivity contribution >= 4 is 17.7 Å². The number of aliphatic imine (C=N–C) groups is 1. The molecule has 1 aromatic carbocycles. The second-order valence-electron chi connectivity index (χ2n) is 7.42. The Kier molecular flexibility index (Phi) is 10.0. The number of thioether (sulfide) groups is 1. The minimum absolute atomic E-state index is 0.484. The molecule has 0 radical (unpaired) electrons. The van der Waals surface area contributed by atoms with Gasteiger partial charge in [0.05, 0.1) is 0 Å². The van der Waals surface area contributed by atoms with Crippen LogP contribution in [0, 0.1) is 5.92 Å². The summed E-state index contributed by atoms with van der Waals surface area (Å²) in [6, 6.07) is 10.6. The molecule has 2 unspecified atom stereocenters. The maximum Gasteiger partial charge on any atom is 0.191 e. The van der Waals surface area contributed by atoms with E-state index in [4.69, 9.17) is 0 Å². The first kappa shape index (κ1) is 22.1. The molecular weight excluding hydrogens is 354 g/mol. The van der Waals surface area contributed by atoms with Crippen molar-refractivity contribution in [2.24, 2.45) is 10.9 Å². The molecule has 5 nitrogen and oxygen atoms in total. The molecule has 1 saturated heterocycles. The van der Waals surface area contributed by atoms with Gasteiger partial charge in [-0.25, -0.2) is 0 Å². The third-order valence-corrected chi connectivity index (χ3v) is 6.07. The number of guanidine groups is 1. The van der Waals surface area contributed by atoms with E-state index < -0.39 is 0 Å². The van der Waals surface area contributed by atoms with E-state index in [0.717, 1.165) is 25.6 Å². The highest BCUT2D eigenvalue weighted by molar-refractivity contribution is 8.00. The van der Waals surface area contributed by atoms with Crippen LogP contribution in [-0.4, -0.2) is 80.4 Å². The lowest BCUT2D eigenvalue weighted by Gasteiger charge is -2.35. The van der Waals surface area contributed by atoms with E-state index in [0.29, 0.717) is 11.2 Å². The number of rotatable bonds is 9. The lowest BCUT2D eigenvalue weighted by molar-refractivity contribution is 0.124. The highest BCUT2D eigenvalue weighted by atomic mass is 32.2. The zero-order valence-corrected chi connectivity index (χ0v) is 18.3. The Labute approximate surface area is 170 Å². The van der Waals surface area contributed by atoms with Crippen LogP contribution >= 0.6 is 11.8 Å². The molecule has 0 aromatic heterocycles. The predicted molar refractivity (Wildman–Crippen MR) is 119 cm³/mol. The fourth-order valence-electron chi connectivity index (χ4n) is 3.30. The molecule has 2 rings (SSSR count). The lowest BCUT2D eigenvalue weighted by Crippen LogP contribution is -2.48. The molecule has 1 aromatic rings. The Morgan fingerprint density at radius 2 is 1.67 bits per heavy atom. The highest BCUT2D eigenvalue weighted by Gasteiger charge is 2.17. The number of piperazine rings is 1. The first-order valence-electron chi connectivity index (χ1n) is 10.2. The minimum Gasteiger partial charge on any atom is -0.356 e. The van der Waals surface area contributed by atoms with Gasteiger partial charge in [0.15, 0.2) is 5.96 Å². The summed E-state index contributed by atoms with van der Waals surface area (Å²) in [7, 11) is 1.85. The summed E-state index contributed by atoms with van der Waals surface area (Å²) >= 11 is 1.89. The third-order valence-electron chi connectivity index (χ3n) is 4.96. The van der Waals surface area contributed by atoms with Gasteiger partial charge in [-0.15, -0.1) is 11.8 Å². The first-order chi connectivity index (χ1) is 13.1. The average Bonchev–Trinajstić information content (AvgIpc) is 2.69. The van der Waals surface area contributed by atoms with Crippen LogP contribution in [0.1, 0.15) is 20.8 Å². The van der Waals surface area contributed by atoms with Crippen LogP contribution in [0.5, 0.6) is 0 Å². The molecule has 0 saturated carbocycles. The maximum atomic E-state index is 4.37. The summed E-state index contributed by atoms with van der Waals surface area (Å²) in [5.74, 6) is 1.51. The lowest BCUT2D eigenvalue weighted by atomic mass is 10.1. The van der Waals surface area contributed by atoms with Crippen LogP contribution in [0.15, 0.2) is 40.2 Å². The van der Waals surface area contributed by atoms with Gasteiger partial charge < -0.3 is 20.4 Å². The van der Waals surface area contributed by atoms with Gasteiger partial charge in [0.2, 0.25) is 0 Å². The van der Waals surface area contributed by atoms with Gasteiger partial charge in [0, 0.05) is 63.0 Å². The Balaban J connectivity index is 1.63. The van der Waals surface area contributed by atoms with Crippen LogP contribution in [0.25, 0.3) is 0 Å². The van der Waals surface area contributed by atoms with Crippen LogP contribution < -0.4 is 10.6 Å². The summed E-state index contributed by atoms with van der Waals surface area (Å²) < 4.78 is 0. The molecule has 1 aliphatic rings. The second kappa shape index (κ2) is 12.3. The Morgan fingerprint density at radius 3 is 2.30 bits per heavy atom. The minimum atomic E-state index is 0.484. The van der Waals surface area contributed by atoms with E-state index in [1.54, 1.807) is 0 Å². The first-order valence-corrected chi connectivity index (χ1v) is 11.1.